The number of hydrogen-bond donors (Lipinski definition) is 0. The minimum atomic E-state index is -0.107. The predicted octanol–water partition coefficient (Wildman–Crippen LogP) is 17.8. The van der Waals surface area contributed by atoms with Crippen LogP contribution in [0.2, 0.25) is 0 Å². The summed E-state index contributed by atoms with van der Waals surface area (Å²) >= 11 is 1.94. The lowest BCUT2D eigenvalue weighted by atomic mass is 9.33. The molecule has 2 aliphatic heterocycles. The first-order chi connectivity index (χ1) is 35.1. The van der Waals surface area contributed by atoms with E-state index in [1.165, 1.54) is 122 Å². The Kier molecular flexibility index (Phi) is 10.2. The summed E-state index contributed by atoms with van der Waals surface area (Å²) in [6.07, 6.45) is 3.47. The minimum absolute atomic E-state index is 0.0139. The van der Waals surface area contributed by atoms with E-state index in [0.717, 1.165) is 23.5 Å². The van der Waals surface area contributed by atoms with Crippen molar-refractivity contribution in [2.75, 3.05) is 14.7 Å². The molecule has 0 fully saturated rings. The zero-order valence-corrected chi connectivity index (χ0v) is 46.7. The van der Waals surface area contributed by atoms with E-state index in [1.807, 2.05) is 11.3 Å². The maximum atomic E-state index is 2.73. The summed E-state index contributed by atoms with van der Waals surface area (Å²) < 4.78 is 2.71. The van der Waals surface area contributed by atoms with Crippen molar-refractivity contribution >= 4 is 106 Å². The lowest BCUT2D eigenvalue weighted by Gasteiger charge is -2.47. The molecule has 1 aromatic heterocycles. The zero-order valence-electron chi connectivity index (χ0n) is 45.9. The molecule has 3 nitrogen and oxygen atoms in total. The van der Waals surface area contributed by atoms with Gasteiger partial charge in [-0.2, -0.15) is 0 Å². The molecule has 2 aliphatic carbocycles. The molecule has 13 rings (SSSR count). The molecule has 0 unspecified atom stereocenters. The van der Waals surface area contributed by atoms with Crippen LogP contribution in [0.1, 0.15) is 134 Å². The summed E-state index contributed by atoms with van der Waals surface area (Å²) in [5.41, 5.74) is 25.1. The number of fused-ring (bicyclic) bond motifs is 9. The first-order valence-electron chi connectivity index (χ1n) is 27.2. The molecule has 0 bridgehead atoms. The molecular formula is C69H70BN3S. The van der Waals surface area contributed by atoms with Crippen molar-refractivity contribution in [3.05, 3.63) is 191 Å². The summed E-state index contributed by atoms with van der Waals surface area (Å²) in [6, 6.07) is 58.8. The Morgan fingerprint density at radius 1 is 0.486 bits per heavy atom. The first kappa shape index (κ1) is 47.2. The molecule has 3 heterocycles. The van der Waals surface area contributed by atoms with Crippen LogP contribution in [0.3, 0.4) is 0 Å². The van der Waals surface area contributed by atoms with E-state index in [-0.39, 0.29) is 33.8 Å². The second-order valence-corrected chi connectivity index (χ2v) is 27.2. The maximum Gasteiger partial charge on any atom is 0.252 e. The highest BCUT2D eigenvalue weighted by molar-refractivity contribution is 7.26. The Bertz CT molecular complexity index is 3750. The minimum Gasteiger partial charge on any atom is -0.311 e. The van der Waals surface area contributed by atoms with Crippen LogP contribution >= 0.6 is 11.3 Å². The number of benzene rings is 8. The van der Waals surface area contributed by atoms with Gasteiger partial charge in [-0.1, -0.05) is 149 Å². The van der Waals surface area contributed by atoms with Crippen molar-refractivity contribution in [1.29, 1.82) is 0 Å². The van der Waals surface area contributed by atoms with Crippen molar-refractivity contribution in [2.45, 2.75) is 136 Å². The predicted molar refractivity (Wildman–Crippen MR) is 322 cm³/mol. The lowest BCUT2D eigenvalue weighted by Crippen LogP contribution is -2.61. The molecule has 0 spiro atoms. The summed E-state index contributed by atoms with van der Waals surface area (Å²) in [4.78, 5) is 7.83. The fraction of sp³-hybridized carbons (Fsp3) is 0.304. The topological polar surface area (TPSA) is 9.72 Å². The fourth-order valence-corrected chi connectivity index (χ4v) is 15.7. The van der Waals surface area contributed by atoms with Crippen molar-refractivity contribution in [1.82, 2.24) is 0 Å². The summed E-state index contributed by atoms with van der Waals surface area (Å²) in [5.74, 6) is 0. The third-order valence-electron chi connectivity index (χ3n) is 17.9. The maximum absolute atomic E-state index is 2.73. The summed E-state index contributed by atoms with van der Waals surface area (Å²) in [6.45, 7) is 31.7. The van der Waals surface area contributed by atoms with Crippen LogP contribution in [0.25, 0.3) is 20.2 Å². The molecule has 0 saturated carbocycles. The Morgan fingerprint density at radius 2 is 1.04 bits per heavy atom. The fourth-order valence-electron chi connectivity index (χ4n) is 14.3. The normalized spacial score (nSPS) is 17.4. The van der Waals surface area contributed by atoms with Crippen molar-refractivity contribution < 1.29 is 0 Å². The molecule has 0 radical (unpaired) electrons. The number of thiophene rings is 1. The molecule has 8 aromatic carbocycles. The van der Waals surface area contributed by atoms with E-state index < -0.39 is 0 Å². The van der Waals surface area contributed by atoms with E-state index >= 15 is 0 Å². The van der Waals surface area contributed by atoms with Gasteiger partial charge in [0.15, 0.2) is 0 Å². The van der Waals surface area contributed by atoms with Gasteiger partial charge in [-0.05, 0) is 194 Å². The van der Waals surface area contributed by atoms with Crippen molar-refractivity contribution in [2.24, 2.45) is 0 Å². The van der Waals surface area contributed by atoms with Crippen LogP contribution < -0.4 is 31.1 Å². The number of anilines is 9. The quantitative estimate of drug-likeness (QED) is 0.159. The van der Waals surface area contributed by atoms with E-state index in [2.05, 4.69) is 256 Å². The van der Waals surface area contributed by atoms with Crippen LogP contribution in [0.5, 0.6) is 0 Å². The van der Waals surface area contributed by atoms with E-state index in [1.54, 1.807) is 0 Å². The molecule has 5 heteroatoms. The Labute approximate surface area is 445 Å². The van der Waals surface area contributed by atoms with Crippen LogP contribution in [0.4, 0.5) is 51.2 Å². The van der Waals surface area contributed by atoms with Crippen LogP contribution in [0, 0.1) is 13.8 Å². The molecule has 9 aromatic rings. The molecule has 0 N–H and O–H groups in total. The molecule has 0 atom stereocenters. The molecule has 0 saturated heterocycles. The lowest BCUT2D eigenvalue weighted by molar-refractivity contribution is 0.332. The largest absolute Gasteiger partial charge is 0.311 e. The summed E-state index contributed by atoms with van der Waals surface area (Å²) in [7, 11) is 0. The Hall–Kier alpha value is -6.56. The van der Waals surface area contributed by atoms with Gasteiger partial charge < -0.3 is 14.7 Å². The van der Waals surface area contributed by atoms with Gasteiger partial charge in [0.2, 0.25) is 0 Å². The second kappa shape index (κ2) is 16.0. The molecule has 4 aliphatic rings. The number of aryl methyl sites for hydroxylation is 2. The number of rotatable bonds is 5. The molecular weight excluding hydrogens is 914 g/mol. The number of para-hydroxylation sites is 2. The van der Waals surface area contributed by atoms with Crippen molar-refractivity contribution in [3.63, 3.8) is 0 Å². The average molecular weight is 984 g/mol. The monoisotopic (exact) mass is 984 g/mol. The van der Waals surface area contributed by atoms with Gasteiger partial charge in [0, 0.05) is 71.4 Å². The molecule has 0 amide bonds. The van der Waals surface area contributed by atoms with Crippen molar-refractivity contribution in [3.8, 4) is 0 Å². The standard InChI is InChI=1S/C69H70BN3S/c1-42-32-60-63-61(33-42)73(57-39-52-50(34-43(57)2)66(6,7)30-31-67(52,8)9)59-40-53-51(68(10,11)41-69(53,12)13)38-56(59)70(63)55-29-28-46(71(44-22-16-14-17-23-44)45-24-18-15-19-25-45)37-58(55)72(60)47-35-49-48-26-20-21-27-62(48)74-64(49)54(36-47)65(3,4)5/h14-29,32-40H,30-31,41H2,1-13H3. The second-order valence-electron chi connectivity index (χ2n) is 26.1. The third-order valence-corrected chi connectivity index (χ3v) is 19.1. The van der Waals surface area contributed by atoms with Crippen LogP contribution in [-0.4, -0.2) is 6.71 Å². The van der Waals surface area contributed by atoms with E-state index in [4.69, 9.17) is 0 Å². The molecule has 370 valence electrons. The first-order valence-corrected chi connectivity index (χ1v) is 28.0. The van der Waals surface area contributed by atoms with Gasteiger partial charge in [0.1, 0.15) is 0 Å². The van der Waals surface area contributed by atoms with E-state index in [0.29, 0.717) is 0 Å². The van der Waals surface area contributed by atoms with E-state index in [9.17, 15) is 0 Å². The Morgan fingerprint density at radius 3 is 1.69 bits per heavy atom. The average Bonchev–Trinajstić information content (AvgIpc) is 3.82. The van der Waals surface area contributed by atoms with Gasteiger partial charge in [-0.15, -0.1) is 11.3 Å². The van der Waals surface area contributed by atoms with Gasteiger partial charge in [0.25, 0.3) is 6.71 Å². The number of nitrogens with zero attached hydrogens (tertiary/aromatic N) is 3. The highest BCUT2D eigenvalue weighted by Crippen LogP contribution is 2.55. The van der Waals surface area contributed by atoms with Crippen LogP contribution in [0.15, 0.2) is 152 Å². The van der Waals surface area contributed by atoms with Gasteiger partial charge in [-0.3, -0.25) is 0 Å². The highest BCUT2D eigenvalue weighted by atomic mass is 32.1. The highest BCUT2D eigenvalue weighted by Gasteiger charge is 2.49. The van der Waals surface area contributed by atoms with Gasteiger partial charge in [0.05, 0.1) is 0 Å². The number of hydrogen-bond acceptors (Lipinski definition) is 4. The Balaban J connectivity index is 1.16. The van der Waals surface area contributed by atoms with Gasteiger partial charge >= 0.3 is 0 Å². The zero-order chi connectivity index (χ0) is 51.6. The van der Waals surface area contributed by atoms with Crippen LogP contribution in [-0.2, 0) is 27.1 Å². The smallest absolute Gasteiger partial charge is 0.252 e. The molecule has 74 heavy (non-hydrogen) atoms. The SMILES string of the molecule is Cc1cc2c3c(c1)N(c1cc4c(cc1C)C(C)(C)CCC4(C)C)c1cc4c(cc1B3c1ccc(N(c3ccccc3)c3ccccc3)cc1N2c1cc(C(C)(C)C)c2sc3ccccc3c2c1)C(C)(C)CC4(C)C. The third kappa shape index (κ3) is 7.04. The summed E-state index contributed by atoms with van der Waals surface area (Å²) in [5, 5.41) is 2.65. The van der Waals surface area contributed by atoms with Gasteiger partial charge in [-0.25, -0.2) is 0 Å².